The Bertz CT molecular complexity index is 676. The topological polar surface area (TPSA) is 77.2 Å². The van der Waals surface area contributed by atoms with E-state index in [1.807, 2.05) is 50.2 Å². The first-order valence-electron chi connectivity index (χ1n) is 9.58. The molecule has 0 spiro atoms. The lowest BCUT2D eigenvalue weighted by Crippen LogP contribution is -2.32. The Morgan fingerprint density at radius 2 is 1.90 bits per heavy atom. The molecule has 0 aliphatic carbocycles. The van der Waals surface area contributed by atoms with Gasteiger partial charge in [0.1, 0.15) is 18.1 Å². The van der Waals surface area contributed by atoms with Crippen LogP contribution in [-0.2, 0) is 16.0 Å². The molecule has 2 rings (SSSR count). The monoisotopic (exact) mass is 517 g/mol. The molecule has 2 N–H and O–H groups in total. The Balaban J connectivity index is 0.00000420. The van der Waals surface area contributed by atoms with Crippen LogP contribution in [0, 0.1) is 0 Å². The van der Waals surface area contributed by atoms with Crippen LogP contribution in [0.25, 0.3) is 0 Å². The van der Waals surface area contributed by atoms with Gasteiger partial charge >= 0.3 is 0 Å². The Kier molecular flexibility index (Phi) is 13.2. The Hall–Kier alpha value is -1.78. The standard InChI is InChI=1S/C21H31N3O4.HI/c1-17(2)28-19-9-7-18(8-10-19)24-21(23-16-20-6-4-13-27-20)22-11-5-12-26-15-14-25-3;/h4,6-10,13,17H,5,11-12,14-16H2,1-3H3,(H2,22,23,24);1H. The van der Waals surface area contributed by atoms with Gasteiger partial charge in [-0.2, -0.15) is 0 Å². The Morgan fingerprint density at radius 1 is 1.10 bits per heavy atom. The van der Waals surface area contributed by atoms with Gasteiger partial charge in [-0.1, -0.05) is 0 Å². The largest absolute Gasteiger partial charge is 0.491 e. The van der Waals surface area contributed by atoms with E-state index in [9.17, 15) is 0 Å². The first-order valence-corrected chi connectivity index (χ1v) is 9.58. The van der Waals surface area contributed by atoms with Crippen LogP contribution in [0.1, 0.15) is 26.0 Å². The third-order valence-electron chi connectivity index (χ3n) is 3.65. The van der Waals surface area contributed by atoms with E-state index in [0.717, 1.165) is 30.2 Å². The number of hydrogen-bond acceptors (Lipinski definition) is 5. The smallest absolute Gasteiger partial charge is 0.196 e. The molecule has 0 saturated heterocycles. The van der Waals surface area contributed by atoms with Crippen molar-refractivity contribution in [3.05, 3.63) is 48.4 Å². The van der Waals surface area contributed by atoms with Gasteiger partial charge in [0.05, 0.1) is 25.6 Å². The fourth-order valence-corrected chi connectivity index (χ4v) is 2.35. The average molecular weight is 517 g/mol. The van der Waals surface area contributed by atoms with E-state index in [-0.39, 0.29) is 30.1 Å². The van der Waals surface area contributed by atoms with Crippen LogP contribution in [0.5, 0.6) is 5.75 Å². The van der Waals surface area contributed by atoms with E-state index in [0.29, 0.717) is 32.3 Å². The summed E-state index contributed by atoms with van der Waals surface area (Å²) >= 11 is 0. The molecule has 29 heavy (non-hydrogen) atoms. The molecule has 8 heteroatoms. The minimum Gasteiger partial charge on any atom is -0.491 e. The maximum absolute atomic E-state index is 5.68. The maximum Gasteiger partial charge on any atom is 0.196 e. The molecule has 162 valence electrons. The lowest BCUT2D eigenvalue weighted by Gasteiger charge is -2.14. The summed E-state index contributed by atoms with van der Waals surface area (Å²) in [6.07, 6.45) is 2.67. The molecule has 1 aromatic heterocycles. The van der Waals surface area contributed by atoms with Crippen molar-refractivity contribution in [2.75, 3.05) is 38.8 Å². The van der Waals surface area contributed by atoms with E-state index >= 15 is 0 Å². The van der Waals surface area contributed by atoms with Crippen LogP contribution in [0.4, 0.5) is 5.69 Å². The maximum atomic E-state index is 5.68. The second kappa shape index (κ2) is 15.1. The number of methoxy groups -OCH3 is 1. The van der Waals surface area contributed by atoms with Crippen LogP contribution < -0.4 is 15.4 Å². The van der Waals surface area contributed by atoms with E-state index in [4.69, 9.17) is 18.6 Å². The predicted octanol–water partition coefficient (Wildman–Crippen LogP) is 4.30. The number of aliphatic imine (C=N–C) groups is 1. The molecule has 0 amide bonds. The summed E-state index contributed by atoms with van der Waals surface area (Å²) in [5, 5.41) is 6.64. The summed E-state index contributed by atoms with van der Waals surface area (Å²) in [5.41, 5.74) is 0.929. The number of benzene rings is 1. The second-order valence-electron chi connectivity index (χ2n) is 6.45. The first kappa shape index (κ1) is 25.3. The van der Waals surface area contributed by atoms with Gasteiger partial charge in [-0.3, -0.25) is 0 Å². The number of halogens is 1. The number of hydrogen-bond donors (Lipinski definition) is 2. The van der Waals surface area contributed by atoms with Gasteiger partial charge in [0, 0.05) is 25.9 Å². The van der Waals surface area contributed by atoms with Crippen molar-refractivity contribution < 1.29 is 18.6 Å². The molecule has 0 aliphatic rings. The van der Waals surface area contributed by atoms with Crippen molar-refractivity contribution in [3.8, 4) is 5.75 Å². The highest BCUT2D eigenvalue weighted by molar-refractivity contribution is 14.0. The molecular weight excluding hydrogens is 485 g/mol. The third kappa shape index (κ3) is 11.1. The normalized spacial score (nSPS) is 11.2. The highest BCUT2D eigenvalue weighted by Crippen LogP contribution is 2.17. The van der Waals surface area contributed by atoms with Gasteiger partial charge in [-0.25, -0.2) is 4.99 Å². The molecule has 0 aliphatic heterocycles. The summed E-state index contributed by atoms with van der Waals surface area (Å²) < 4.78 is 21.5. The van der Waals surface area contributed by atoms with Crippen molar-refractivity contribution in [3.63, 3.8) is 0 Å². The second-order valence-corrected chi connectivity index (χ2v) is 6.45. The first-order chi connectivity index (χ1) is 13.7. The van der Waals surface area contributed by atoms with E-state index in [1.165, 1.54) is 0 Å². The van der Waals surface area contributed by atoms with Crippen molar-refractivity contribution in [1.29, 1.82) is 0 Å². The Labute approximate surface area is 190 Å². The number of anilines is 1. The number of ether oxygens (including phenoxy) is 3. The summed E-state index contributed by atoms with van der Waals surface area (Å²) in [7, 11) is 1.67. The highest BCUT2D eigenvalue weighted by atomic mass is 127. The van der Waals surface area contributed by atoms with Gasteiger partial charge in [-0.05, 0) is 56.7 Å². The number of nitrogens with one attached hydrogen (secondary N) is 2. The van der Waals surface area contributed by atoms with Crippen LogP contribution in [-0.4, -0.2) is 45.5 Å². The number of nitrogens with zero attached hydrogens (tertiary/aromatic N) is 1. The minimum atomic E-state index is 0. The molecule has 7 nitrogen and oxygen atoms in total. The van der Waals surface area contributed by atoms with Crippen molar-refractivity contribution in [1.82, 2.24) is 5.32 Å². The summed E-state index contributed by atoms with van der Waals surface area (Å²) in [4.78, 5) is 4.59. The fourth-order valence-electron chi connectivity index (χ4n) is 2.35. The van der Waals surface area contributed by atoms with Crippen molar-refractivity contribution in [2.45, 2.75) is 32.9 Å². The summed E-state index contributed by atoms with van der Waals surface area (Å²) in [6, 6.07) is 11.6. The van der Waals surface area contributed by atoms with Gasteiger partial charge < -0.3 is 29.3 Å². The van der Waals surface area contributed by atoms with Crippen LogP contribution in [0.2, 0.25) is 0 Å². The zero-order chi connectivity index (χ0) is 20.0. The van der Waals surface area contributed by atoms with E-state index in [2.05, 4.69) is 15.6 Å². The van der Waals surface area contributed by atoms with E-state index < -0.39 is 0 Å². The van der Waals surface area contributed by atoms with Crippen molar-refractivity contribution >= 4 is 35.6 Å². The number of furan rings is 1. The molecule has 2 aromatic rings. The Morgan fingerprint density at radius 3 is 2.55 bits per heavy atom. The lowest BCUT2D eigenvalue weighted by atomic mass is 10.3. The molecule has 0 bridgehead atoms. The molecule has 0 fully saturated rings. The molecular formula is C21H32IN3O4. The van der Waals surface area contributed by atoms with Gasteiger partial charge in [0.15, 0.2) is 5.96 Å². The van der Waals surface area contributed by atoms with Gasteiger partial charge in [0.2, 0.25) is 0 Å². The average Bonchev–Trinajstić information content (AvgIpc) is 3.20. The molecule has 0 saturated carbocycles. The molecule has 1 aromatic carbocycles. The fraction of sp³-hybridized carbons (Fsp3) is 0.476. The number of guanidine groups is 1. The third-order valence-corrected chi connectivity index (χ3v) is 3.65. The molecule has 0 atom stereocenters. The van der Waals surface area contributed by atoms with E-state index in [1.54, 1.807) is 13.4 Å². The predicted molar refractivity (Wildman–Crippen MR) is 126 cm³/mol. The number of rotatable bonds is 12. The summed E-state index contributed by atoms with van der Waals surface area (Å²) in [5.74, 6) is 2.34. The van der Waals surface area contributed by atoms with Crippen molar-refractivity contribution in [2.24, 2.45) is 4.99 Å². The van der Waals surface area contributed by atoms with Crippen LogP contribution >= 0.6 is 24.0 Å². The SMILES string of the molecule is COCCOCCCNC(=NCc1ccco1)Nc1ccc(OC(C)C)cc1.I. The molecule has 1 heterocycles. The molecule has 0 unspecified atom stereocenters. The van der Waals surface area contributed by atoms with Gasteiger partial charge in [0.25, 0.3) is 0 Å². The van der Waals surface area contributed by atoms with Crippen LogP contribution in [0.15, 0.2) is 52.1 Å². The highest BCUT2D eigenvalue weighted by Gasteiger charge is 2.03. The summed E-state index contributed by atoms with van der Waals surface area (Å²) in [6.45, 7) is 7.11. The zero-order valence-electron chi connectivity index (χ0n) is 17.3. The van der Waals surface area contributed by atoms with Crippen LogP contribution in [0.3, 0.4) is 0 Å². The van der Waals surface area contributed by atoms with Gasteiger partial charge in [-0.15, -0.1) is 24.0 Å². The quantitative estimate of drug-likeness (QED) is 0.189. The molecule has 0 radical (unpaired) electrons. The lowest BCUT2D eigenvalue weighted by molar-refractivity contribution is 0.0699. The minimum absolute atomic E-state index is 0. The zero-order valence-corrected chi connectivity index (χ0v) is 19.7.